The van der Waals surface area contributed by atoms with Crippen molar-refractivity contribution >= 4 is 5.97 Å². The second-order valence-corrected chi connectivity index (χ2v) is 4.11. The summed E-state index contributed by atoms with van der Waals surface area (Å²) in [5.74, 6) is -1.31. The molecule has 16 heavy (non-hydrogen) atoms. The van der Waals surface area contributed by atoms with Crippen LogP contribution in [0.2, 0.25) is 0 Å². The number of aliphatic carboxylic acids is 1. The van der Waals surface area contributed by atoms with Crippen LogP contribution in [0.3, 0.4) is 0 Å². The summed E-state index contributed by atoms with van der Waals surface area (Å²) in [5, 5.41) is 12.2. The molecule has 2 heterocycles. The summed E-state index contributed by atoms with van der Waals surface area (Å²) in [7, 11) is 0. The Bertz CT molecular complexity index is 403. The second-order valence-electron chi connectivity index (χ2n) is 4.11. The highest BCUT2D eigenvalue weighted by Crippen LogP contribution is 2.24. The fourth-order valence-corrected chi connectivity index (χ4v) is 2.12. The van der Waals surface area contributed by atoms with Gasteiger partial charge in [0.25, 0.3) is 0 Å². The summed E-state index contributed by atoms with van der Waals surface area (Å²) in [5.41, 5.74) is -0.341. The molecule has 1 aliphatic heterocycles. The van der Waals surface area contributed by atoms with Crippen molar-refractivity contribution in [2.75, 3.05) is 6.54 Å². The Balaban J connectivity index is 2.21. The third-order valence-electron chi connectivity index (χ3n) is 2.92. The Morgan fingerprint density at radius 1 is 1.62 bits per heavy atom. The summed E-state index contributed by atoms with van der Waals surface area (Å²) in [6, 6.07) is 1.33. The lowest BCUT2D eigenvalue weighted by atomic mass is 9.90. The van der Waals surface area contributed by atoms with Gasteiger partial charge in [-0.1, -0.05) is 0 Å². The molecule has 1 unspecified atom stereocenters. The third kappa shape index (κ3) is 2.04. The van der Waals surface area contributed by atoms with Crippen molar-refractivity contribution in [3.05, 3.63) is 29.8 Å². The molecular weight excluding hydrogens is 211 g/mol. The quantitative estimate of drug-likeness (QED) is 0.803. The van der Waals surface area contributed by atoms with Gasteiger partial charge in [0.1, 0.15) is 11.4 Å². The number of hydrogen-bond donors (Lipinski definition) is 2. The maximum absolute atomic E-state index is 12.9. The predicted octanol–water partition coefficient (Wildman–Crippen LogP) is 0.970. The molecule has 0 saturated carbocycles. The lowest BCUT2D eigenvalue weighted by Crippen LogP contribution is -2.49. The molecule has 1 saturated heterocycles. The highest BCUT2D eigenvalue weighted by Gasteiger charge is 2.41. The van der Waals surface area contributed by atoms with Crippen molar-refractivity contribution < 1.29 is 14.3 Å². The van der Waals surface area contributed by atoms with Crippen LogP contribution in [0.15, 0.2) is 18.5 Å². The van der Waals surface area contributed by atoms with Crippen molar-refractivity contribution in [2.24, 2.45) is 0 Å². The SMILES string of the molecule is O=C(O)C1(Cc2cncc(F)c2)CCCN1. The molecule has 1 aromatic rings. The average Bonchev–Trinajstić information content (AvgIpc) is 2.67. The van der Waals surface area contributed by atoms with E-state index in [0.29, 0.717) is 18.5 Å². The molecule has 86 valence electrons. The summed E-state index contributed by atoms with van der Waals surface area (Å²) in [4.78, 5) is 15.0. The smallest absolute Gasteiger partial charge is 0.324 e. The van der Waals surface area contributed by atoms with Crippen LogP contribution in [0.25, 0.3) is 0 Å². The first-order valence-electron chi connectivity index (χ1n) is 5.20. The Morgan fingerprint density at radius 2 is 2.44 bits per heavy atom. The molecular formula is C11H13FN2O2. The molecule has 1 aromatic heterocycles. The Kier molecular flexibility index (Phi) is 2.87. The Hall–Kier alpha value is -1.49. The van der Waals surface area contributed by atoms with E-state index in [1.165, 1.54) is 12.3 Å². The molecule has 0 aliphatic carbocycles. The van der Waals surface area contributed by atoms with Gasteiger partial charge in [0.15, 0.2) is 0 Å². The van der Waals surface area contributed by atoms with E-state index in [-0.39, 0.29) is 6.42 Å². The van der Waals surface area contributed by atoms with Gasteiger partial charge in [-0.05, 0) is 31.0 Å². The first kappa shape index (κ1) is 11.0. The molecule has 0 radical (unpaired) electrons. The molecule has 0 spiro atoms. The van der Waals surface area contributed by atoms with Gasteiger partial charge in [0, 0.05) is 12.6 Å². The largest absolute Gasteiger partial charge is 0.480 e. The number of carboxylic acid groups (broad SMARTS) is 1. The van der Waals surface area contributed by atoms with Crippen molar-refractivity contribution in [1.29, 1.82) is 0 Å². The van der Waals surface area contributed by atoms with Crippen LogP contribution in [0, 0.1) is 5.82 Å². The van der Waals surface area contributed by atoms with Gasteiger partial charge in [-0.15, -0.1) is 0 Å². The van der Waals surface area contributed by atoms with Crippen LogP contribution in [0.5, 0.6) is 0 Å². The van der Waals surface area contributed by atoms with E-state index in [4.69, 9.17) is 0 Å². The summed E-state index contributed by atoms with van der Waals surface area (Å²) >= 11 is 0. The number of aromatic nitrogens is 1. The molecule has 2 rings (SSSR count). The number of hydrogen-bond acceptors (Lipinski definition) is 3. The highest BCUT2D eigenvalue weighted by molar-refractivity contribution is 5.79. The predicted molar refractivity (Wildman–Crippen MR) is 55.5 cm³/mol. The number of halogens is 1. The number of nitrogens with one attached hydrogen (secondary N) is 1. The monoisotopic (exact) mass is 224 g/mol. The van der Waals surface area contributed by atoms with Gasteiger partial charge in [-0.25, -0.2) is 4.39 Å². The van der Waals surface area contributed by atoms with E-state index in [0.717, 1.165) is 12.6 Å². The van der Waals surface area contributed by atoms with Crippen LogP contribution in [0.4, 0.5) is 4.39 Å². The minimum absolute atomic E-state index is 0.271. The first-order chi connectivity index (χ1) is 7.62. The van der Waals surface area contributed by atoms with Crippen LogP contribution in [0.1, 0.15) is 18.4 Å². The van der Waals surface area contributed by atoms with Gasteiger partial charge in [-0.2, -0.15) is 0 Å². The minimum Gasteiger partial charge on any atom is -0.480 e. The standard InChI is InChI=1S/C11H13FN2O2/c12-9-4-8(6-13-7-9)5-11(10(15)16)2-1-3-14-11/h4,6-7,14H,1-3,5H2,(H,15,16). The maximum Gasteiger partial charge on any atom is 0.324 e. The number of carboxylic acids is 1. The van der Waals surface area contributed by atoms with Gasteiger partial charge in [0.2, 0.25) is 0 Å². The molecule has 0 amide bonds. The van der Waals surface area contributed by atoms with Gasteiger partial charge in [-0.3, -0.25) is 9.78 Å². The molecule has 0 bridgehead atoms. The van der Waals surface area contributed by atoms with E-state index < -0.39 is 17.3 Å². The zero-order valence-corrected chi connectivity index (χ0v) is 8.74. The molecule has 1 aliphatic rings. The number of carbonyl (C=O) groups is 1. The fourth-order valence-electron chi connectivity index (χ4n) is 2.12. The summed E-state index contributed by atoms with van der Waals surface area (Å²) in [6.07, 6.45) is 4.29. The van der Waals surface area contributed by atoms with E-state index >= 15 is 0 Å². The molecule has 1 atom stereocenters. The van der Waals surface area contributed by atoms with Crippen molar-refractivity contribution in [3.8, 4) is 0 Å². The fraction of sp³-hybridized carbons (Fsp3) is 0.455. The molecule has 5 heteroatoms. The van der Waals surface area contributed by atoms with E-state index in [9.17, 15) is 14.3 Å². The van der Waals surface area contributed by atoms with Crippen LogP contribution in [-0.4, -0.2) is 28.1 Å². The minimum atomic E-state index is -0.949. The zero-order chi connectivity index (χ0) is 11.6. The van der Waals surface area contributed by atoms with Crippen molar-refractivity contribution in [2.45, 2.75) is 24.8 Å². The van der Waals surface area contributed by atoms with Gasteiger partial charge in [0.05, 0.1) is 6.20 Å². The average molecular weight is 224 g/mol. The number of nitrogens with zero attached hydrogens (tertiary/aromatic N) is 1. The van der Waals surface area contributed by atoms with E-state index in [2.05, 4.69) is 10.3 Å². The van der Waals surface area contributed by atoms with Gasteiger partial charge < -0.3 is 10.4 Å². The second kappa shape index (κ2) is 4.17. The first-order valence-corrected chi connectivity index (χ1v) is 5.20. The highest BCUT2D eigenvalue weighted by atomic mass is 19.1. The summed E-state index contributed by atoms with van der Waals surface area (Å²) in [6.45, 7) is 0.690. The normalized spacial score (nSPS) is 24.6. The Labute approximate surface area is 92.5 Å². The summed E-state index contributed by atoms with van der Waals surface area (Å²) < 4.78 is 12.9. The maximum atomic E-state index is 12.9. The Morgan fingerprint density at radius 3 is 3.00 bits per heavy atom. The molecule has 4 nitrogen and oxygen atoms in total. The number of pyridine rings is 1. The zero-order valence-electron chi connectivity index (χ0n) is 8.74. The lowest BCUT2D eigenvalue weighted by Gasteiger charge is -2.24. The van der Waals surface area contributed by atoms with Gasteiger partial charge >= 0.3 is 5.97 Å². The molecule has 2 N–H and O–H groups in total. The van der Waals surface area contributed by atoms with Crippen molar-refractivity contribution in [1.82, 2.24) is 10.3 Å². The topological polar surface area (TPSA) is 62.2 Å². The number of rotatable bonds is 3. The third-order valence-corrected chi connectivity index (χ3v) is 2.92. The van der Waals surface area contributed by atoms with Crippen LogP contribution >= 0.6 is 0 Å². The van der Waals surface area contributed by atoms with Crippen LogP contribution < -0.4 is 5.32 Å². The van der Waals surface area contributed by atoms with E-state index in [1.807, 2.05) is 0 Å². The lowest BCUT2D eigenvalue weighted by molar-refractivity contribution is -0.144. The molecule has 0 aromatic carbocycles. The van der Waals surface area contributed by atoms with Crippen molar-refractivity contribution in [3.63, 3.8) is 0 Å². The van der Waals surface area contributed by atoms with Crippen LogP contribution in [-0.2, 0) is 11.2 Å². The van der Waals surface area contributed by atoms with E-state index in [1.54, 1.807) is 0 Å². The molecule has 1 fully saturated rings.